The second-order valence-corrected chi connectivity index (χ2v) is 3.54. The molecule has 72 valence electrons. The molecule has 0 aromatic rings. The minimum Gasteiger partial charge on any atom is -0.103 e. The van der Waals surface area contributed by atoms with Crippen molar-refractivity contribution in [3.8, 4) is 0 Å². The van der Waals surface area contributed by atoms with Crippen LogP contribution in [-0.4, -0.2) is 0 Å². The molecule has 0 bridgehead atoms. The third kappa shape index (κ3) is 16.2. The Bertz CT molecular complexity index is 101. The summed E-state index contributed by atoms with van der Waals surface area (Å²) in [5, 5.41) is 0. The van der Waals surface area contributed by atoms with Crippen LogP contribution < -0.4 is 0 Å². The van der Waals surface area contributed by atoms with Crippen LogP contribution in [0.5, 0.6) is 0 Å². The third-order valence-corrected chi connectivity index (χ3v) is 1.68. The largest absolute Gasteiger partial charge is 0.103 e. The van der Waals surface area contributed by atoms with Crippen LogP contribution in [0.4, 0.5) is 0 Å². The van der Waals surface area contributed by atoms with Gasteiger partial charge in [0.1, 0.15) is 0 Å². The molecule has 0 heteroatoms. The van der Waals surface area contributed by atoms with Crippen molar-refractivity contribution in [2.75, 3.05) is 0 Å². The molecule has 0 rings (SSSR count). The predicted molar refractivity (Wildman–Crippen MR) is 59.3 cm³/mol. The highest BCUT2D eigenvalue weighted by Crippen LogP contribution is 1.98. The van der Waals surface area contributed by atoms with E-state index in [1.807, 2.05) is 12.2 Å². The molecule has 0 amide bonds. The maximum absolute atomic E-state index is 3.63. The molecule has 0 N–H and O–H groups in total. The lowest BCUT2D eigenvalue weighted by atomic mass is 10.1. The van der Waals surface area contributed by atoms with Gasteiger partial charge in [-0.25, -0.2) is 0 Å². The van der Waals surface area contributed by atoms with Gasteiger partial charge in [-0.05, 0) is 18.3 Å². The fourth-order valence-corrected chi connectivity index (χ4v) is 0.500. The molecule has 0 spiro atoms. The summed E-state index contributed by atoms with van der Waals surface area (Å²) >= 11 is 0. The van der Waals surface area contributed by atoms with Gasteiger partial charge in [-0.1, -0.05) is 46.3 Å². The highest BCUT2D eigenvalue weighted by molar-refractivity contribution is 4.72. The quantitative estimate of drug-likeness (QED) is 0.544. The van der Waals surface area contributed by atoms with E-state index in [4.69, 9.17) is 0 Å². The summed E-state index contributed by atoms with van der Waals surface area (Å²) in [5.41, 5.74) is 0. The maximum atomic E-state index is 3.63. The van der Waals surface area contributed by atoms with Crippen molar-refractivity contribution < 1.29 is 0 Å². The molecule has 0 saturated heterocycles. The fraction of sp³-hybridized carbons (Fsp3) is 0.667. The Balaban J connectivity index is 0. The van der Waals surface area contributed by atoms with Crippen molar-refractivity contribution in [1.29, 1.82) is 0 Å². The van der Waals surface area contributed by atoms with Crippen molar-refractivity contribution in [1.82, 2.24) is 0 Å². The summed E-state index contributed by atoms with van der Waals surface area (Å²) in [5.74, 6) is 1.48. The van der Waals surface area contributed by atoms with E-state index >= 15 is 0 Å². The Morgan fingerprint density at radius 1 is 1.17 bits per heavy atom. The first-order valence-corrected chi connectivity index (χ1v) is 4.81. The molecular formula is C12H24. The first-order valence-electron chi connectivity index (χ1n) is 4.81. The molecule has 0 aliphatic rings. The van der Waals surface area contributed by atoms with Crippen molar-refractivity contribution in [3.05, 3.63) is 25.3 Å². The van der Waals surface area contributed by atoms with Gasteiger partial charge in [0.2, 0.25) is 0 Å². The van der Waals surface area contributed by atoms with E-state index in [0.29, 0.717) is 5.92 Å². The fourth-order valence-electron chi connectivity index (χ4n) is 0.500. The van der Waals surface area contributed by atoms with Gasteiger partial charge in [-0.3, -0.25) is 0 Å². The minimum absolute atomic E-state index is 0.699. The maximum Gasteiger partial charge on any atom is -0.0267 e. The Labute approximate surface area is 78.4 Å². The van der Waals surface area contributed by atoms with Gasteiger partial charge in [0.25, 0.3) is 0 Å². The third-order valence-electron chi connectivity index (χ3n) is 1.68. The van der Waals surface area contributed by atoms with E-state index in [1.165, 1.54) is 6.42 Å². The summed E-state index contributed by atoms with van der Waals surface area (Å²) in [4.78, 5) is 0. The SMILES string of the molecule is C=CC(C)CC.C=CCC(C)C. The Morgan fingerprint density at radius 3 is 1.67 bits per heavy atom. The van der Waals surface area contributed by atoms with Gasteiger partial charge in [0, 0.05) is 0 Å². The van der Waals surface area contributed by atoms with Crippen LogP contribution in [-0.2, 0) is 0 Å². The lowest BCUT2D eigenvalue weighted by Crippen LogP contribution is -1.80. The van der Waals surface area contributed by atoms with Gasteiger partial charge in [0.05, 0.1) is 0 Å². The topological polar surface area (TPSA) is 0 Å². The summed E-state index contributed by atoms with van der Waals surface area (Å²) in [6.07, 6.45) is 6.27. The molecule has 0 heterocycles. The average molecular weight is 168 g/mol. The van der Waals surface area contributed by atoms with Crippen LogP contribution in [0.25, 0.3) is 0 Å². The number of rotatable bonds is 4. The number of hydrogen-bond acceptors (Lipinski definition) is 0. The Kier molecular flexibility index (Phi) is 12.3. The van der Waals surface area contributed by atoms with E-state index in [9.17, 15) is 0 Å². The van der Waals surface area contributed by atoms with E-state index in [0.717, 1.165) is 12.3 Å². The van der Waals surface area contributed by atoms with Crippen LogP contribution in [0.1, 0.15) is 40.5 Å². The molecule has 0 nitrogen and oxygen atoms in total. The minimum atomic E-state index is 0.699. The number of hydrogen-bond donors (Lipinski definition) is 0. The first kappa shape index (κ1) is 14.0. The molecule has 1 atom stereocenters. The Hall–Kier alpha value is -0.520. The van der Waals surface area contributed by atoms with E-state index in [2.05, 4.69) is 40.9 Å². The molecule has 0 saturated carbocycles. The van der Waals surface area contributed by atoms with E-state index in [-0.39, 0.29) is 0 Å². The molecule has 0 aromatic carbocycles. The lowest BCUT2D eigenvalue weighted by Gasteiger charge is -1.93. The molecular weight excluding hydrogens is 144 g/mol. The smallest absolute Gasteiger partial charge is 0.0267 e. The van der Waals surface area contributed by atoms with E-state index in [1.54, 1.807) is 0 Å². The highest BCUT2D eigenvalue weighted by Gasteiger charge is 1.84. The molecule has 0 radical (unpaired) electrons. The summed E-state index contributed by atoms with van der Waals surface area (Å²) in [6, 6.07) is 0. The highest BCUT2D eigenvalue weighted by atomic mass is 13.9. The summed E-state index contributed by atoms with van der Waals surface area (Å²) < 4.78 is 0. The molecule has 12 heavy (non-hydrogen) atoms. The van der Waals surface area contributed by atoms with Gasteiger partial charge in [-0.15, -0.1) is 13.2 Å². The molecule has 1 unspecified atom stereocenters. The van der Waals surface area contributed by atoms with Gasteiger partial charge < -0.3 is 0 Å². The van der Waals surface area contributed by atoms with Gasteiger partial charge in [0.15, 0.2) is 0 Å². The zero-order valence-electron chi connectivity index (χ0n) is 9.14. The molecule has 0 aliphatic heterocycles. The van der Waals surface area contributed by atoms with Crippen molar-refractivity contribution in [2.45, 2.75) is 40.5 Å². The summed E-state index contributed by atoms with van der Waals surface area (Å²) in [6.45, 7) is 15.9. The standard InChI is InChI=1S/2C6H12/c1-4-5-6(2)3;1-4-6(3)5-2/h2*4,6H,1,5H2,2-3H3. The van der Waals surface area contributed by atoms with Gasteiger partial charge in [-0.2, -0.15) is 0 Å². The zero-order chi connectivity index (χ0) is 9.98. The molecule has 0 aromatic heterocycles. The second kappa shape index (κ2) is 10.5. The lowest BCUT2D eigenvalue weighted by molar-refractivity contribution is 0.664. The predicted octanol–water partition coefficient (Wildman–Crippen LogP) is 4.44. The van der Waals surface area contributed by atoms with Crippen LogP contribution in [0, 0.1) is 11.8 Å². The summed E-state index contributed by atoms with van der Waals surface area (Å²) in [7, 11) is 0. The normalized spacial score (nSPS) is 11.4. The molecule has 0 fully saturated rings. The van der Waals surface area contributed by atoms with Crippen molar-refractivity contribution in [3.63, 3.8) is 0 Å². The van der Waals surface area contributed by atoms with Crippen LogP contribution in [0.2, 0.25) is 0 Å². The Morgan fingerprint density at radius 2 is 1.67 bits per heavy atom. The van der Waals surface area contributed by atoms with Crippen LogP contribution >= 0.6 is 0 Å². The number of allylic oxidation sites excluding steroid dienone is 2. The monoisotopic (exact) mass is 168 g/mol. The van der Waals surface area contributed by atoms with Crippen LogP contribution in [0.15, 0.2) is 25.3 Å². The van der Waals surface area contributed by atoms with E-state index < -0.39 is 0 Å². The van der Waals surface area contributed by atoms with Crippen LogP contribution in [0.3, 0.4) is 0 Å². The van der Waals surface area contributed by atoms with Gasteiger partial charge >= 0.3 is 0 Å². The van der Waals surface area contributed by atoms with Crippen molar-refractivity contribution in [2.24, 2.45) is 11.8 Å². The zero-order valence-corrected chi connectivity index (χ0v) is 9.14. The molecule has 0 aliphatic carbocycles. The first-order chi connectivity index (χ1) is 5.58. The van der Waals surface area contributed by atoms with Crippen molar-refractivity contribution >= 4 is 0 Å². The average Bonchev–Trinajstić information content (AvgIpc) is 2.04. The second-order valence-electron chi connectivity index (χ2n) is 3.54.